The summed E-state index contributed by atoms with van der Waals surface area (Å²) < 4.78 is 38.1. The van der Waals surface area contributed by atoms with Crippen molar-refractivity contribution < 1.29 is 17.9 Å². The van der Waals surface area contributed by atoms with Crippen LogP contribution in [0.2, 0.25) is 0 Å². The molecule has 24 heavy (non-hydrogen) atoms. The van der Waals surface area contributed by atoms with Gasteiger partial charge in [-0.2, -0.15) is 0 Å². The van der Waals surface area contributed by atoms with Crippen molar-refractivity contribution in [1.29, 1.82) is 0 Å². The number of aromatic nitrogens is 1. The topological polar surface area (TPSA) is 68.7 Å². The van der Waals surface area contributed by atoms with Crippen molar-refractivity contribution in [3.05, 3.63) is 24.5 Å². The first-order chi connectivity index (χ1) is 11.6. The monoisotopic (exact) mass is 352 g/mol. The average Bonchev–Trinajstić information content (AvgIpc) is 3.39. The van der Waals surface area contributed by atoms with E-state index in [4.69, 9.17) is 9.47 Å². The summed E-state index contributed by atoms with van der Waals surface area (Å²) in [6.45, 7) is 2.51. The molecule has 0 amide bonds. The van der Waals surface area contributed by atoms with Gasteiger partial charge in [-0.15, -0.1) is 0 Å². The summed E-state index contributed by atoms with van der Waals surface area (Å²) in [6, 6.07) is 3.74. The molecule has 0 radical (unpaired) electrons. The second kappa shape index (κ2) is 6.28. The molecule has 2 aliphatic heterocycles. The molecule has 1 spiro atoms. The second-order valence-corrected chi connectivity index (χ2v) is 9.49. The highest BCUT2D eigenvalue weighted by Crippen LogP contribution is 2.43. The summed E-state index contributed by atoms with van der Waals surface area (Å²) in [5, 5.41) is -0.105. The van der Waals surface area contributed by atoms with Crippen LogP contribution in [0.25, 0.3) is 0 Å². The van der Waals surface area contributed by atoms with Gasteiger partial charge in [-0.25, -0.2) is 12.7 Å². The standard InChI is InChI=1S/C17H24N2O4S/c20-24(21,16-3-4-16)19-8-5-17(6-9-19)10-15(23-13-17)12-22-14-2-1-7-18-11-14/h1-2,7,11,15-16H,3-6,8-10,12-13H2/t15-/m0/s1. The molecule has 0 bridgehead atoms. The van der Waals surface area contributed by atoms with E-state index in [2.05, 4.69) is 4.98 Å². The summed E-state index contributed by atoms with van der Waals surface area (Å²) in [4.78, 5) is 4.04. The number of ether oxygens (including phenoxy) is 2. The quantitative estimate of drug-likeness (QED) is 0.809. The summed E-state index contributed by atoms with van der Waals surface area (Å²) in [5.74, 6) is 0.757. The van der Waals surface area contributed by atoms with Crippen LogP contribution in [0.5, 0.6) is 5.75 Å². The molecule has 1 aromatic heterocycles. The van der Waals surface area contributed by atoms with Crippen molar-refractivity contribution in [3.8, 4) is 5.75 Å². The largest absolute Gasteiger partial charge is 0.489 e. The Hall–Kier alpha value is -1.18. The number of sulfonamides is 1. The van der Waals surface area contributed by atoms with Crippen molar-refractivity contribution in [2.24, 2.45) is 5.41 Å². The minimum Gasteiger partial charge on any atom is -0.489 e. The number of pyridine rings is 1. The molecule has 0 N–H and O–H groups in total. The molecule has 1 atom stereocenters. The SMILES string of the molecule is O=S(=O)(C1CC1)N1CCC2(CC1)CO[C@H](COc1cccnc1)C2. The minimum absolute atomic E-state index is 0.0804. The van der Waals surface area contributed by atoms with Gasteiger partial charge in [0.2, 0.25) is 10.0 Å². The Morgan fingerprint density at radius 1 is 1.33 bits per heavy atom. The van der Waals surface area contributed by atoms with Crippen LogP contribution in [-0.4, -0.2) is 55.4 Å². The minimum atomic E-state index is -3.03. The third-order valence-electron chi connectivity index (χ3n) is 5.44. The van der Waals surface area contributed by atoms with Crippen LogP contribution < -0.4 is 4.74 Å². The van der Waals surface area contributed by atoms with E-state index in [9.17, 15) is 8.42 Å². The predicted molar refractivity (Wildman–Crippen MR) is 89.3 cm³/mol. The highest BCUT2D eigenvalue weighted by atomic mass is 32.2. The Bertz CT molecular complexity index is 667. The lowest BCUT2D eigenvalue weighted by molar-refractivity contribution is 0.0539. The molecule has 3 fully saturated rings. The second-order valence-electron chi connectivity index (χ2n) is 7.28. The van der Waals surface area contributed by atoms with Crippen molar-refractivity contribution >= 4 is 10.0 Å². The molecule has 1 aromatic rings. The number of hydrogen-bond acceptors (Lipinski definition) is 5. The third-order valence-corrected chi connectivity index (χ3v) is 7.84. The Balaban J connectivity index is 1.29. The fourth-order valence-corrected chi connectivity index (χ4v) is 5.61. The first-order valence-electron chi connectivity index (χ1n) is 8.71. The lowest BCUT2D eigenvalue weighted by atomic mass is 9.77. The molecule has 7 heteroatoms. The molecular formula is C17H24N2O4S. The average molecular weight is 352 g/mol. The summed E-state index contributed by atoms with van der Waals surface area (Å²) in [6.07, 6.45) is 7.90. The third kappa shape index (κ3) is 3.30. The van der Waals surface area contributed by atoms with Gasteiger partial charge < -0.3 is 9.47 Å². The number of nitrogens with zero attached hydrogens (tertiary/aromatic N) is 2. The van der Waals surface area contributed by atoms with E-state index in [1.165, 1.54) is 0 Å². The summed E-state index contributed by atoms with van der Waals surface area (Å²) >= 11 is 0. The van der Waals surface area contributed by atoms with Crippen LogP contribution in [0.4, 0.5) is 0 Å². The van der Waals surface area contributed by atoms with Gasteiger partial charge in [0, 0.05) is 19.3 Å². The Morgan fingerprint density at radius 2 is 2.12 bits per heavy atom. The Labute approximate surface area is 143 Å². The van der Waals surface area contributed by atoms with Crippen molar-refractivity contribution in [2.75, 3.05) is 26.3 Å². The highest BCUT2D eigenvalue weighted by molar-refractivity contribution is 7.90. The number of piperidine rings is 1. The van der Waals surface area contributed by atoms with E-state index < -0.39 is 10.0 Å². The molecule has 132 valence electrons. The van der Waals surface area contributed by atoms with E-state index in [-0.39, 0.29) is 16.8 Å². The number of rotatable bonds is 5. The fourth-order valence-electron chi connectivity index (χ4n) is 3.76. The van der Waals surface area contributed by atoms with Crippen molar-refractivity contribution in [3.63, 3.8) is 0 Å². The normalized spacial score (nSPS) is 27.4. The predicted octanol–water partition coefficient (Wildman–Crippen LogP) is 1.82. The van der Waals surface area contributed by atoms with E-state index >= 15 is 0 Å². The van der Waals surface area contributed by atoms with E-state index in [1.807, 2.05) is 12.1 Å². The Kier molecular flexibility index (Phi) is 4.26. The van der Waals surface area contributed by atoms with Crippen LogP contribution in [0.3, 0.4) is 0 Å². The molecule has 2 saturated heterocycles. The zero-order valence-corrected chi connectivity index (χ0v) is 14.6. The first-order valence-corrected chi connectivity index (χ1v) is 10.2. The van der Waals surface area contributed by atoms with Crippen LogP contribution in [0.1, 0.15) is 32.1 Å². The zero-order valence-electron chi connectivity index (χ0n) is 13.8. The lowest BCUT2D eigenvalue weighted by Gasteiger charge is -2.37. The maximum absolute atomic E-state index is 12.3. The number of hydrogen-bond donors (Lipinski definition) is 0. The van der Waals surface area contributed by atoms with Gasteiger partial charge in [-0.1, -0.05) is 0 Å². The smallest absolute Gasteiger partial charge is 0.216 e. The van der Waals surface area contributed by atoms with E-state index in [0.717, 1.165) is 37.9 Å². The van der Waals surface area contributed by atoms with Gasteiger partial charge in [-0.3, -0.25) is 4.98 Å². The summed E-state index contributed by atoms with van der Waals surface area (Å²) in [5.41, 5.74) is 0.124. The Morgan fingerprint density at radius 3 is 2.79 bits per heavy atom. The molecule has 4 rings (SSSR count). The van der Waals surface area contributed by atoms with Crippen LogP contribution in [-0.2, 0) is 14.8 Å². The lowest BCUT2D eigenvalue weighted by Crippen LogP contribution is -2.44. The van der Waals surface area contributed by atoms with Crippen molar-refractivity contribution in [2.45, 2.75) is 43.5 Å². The molecule has 3 heterocycles. The molecule has 0 unspecified atom stereocenters. The summed E-state index contributed by atoms with van der Waals surface area (Å²) in [7, 11) is -3.03. The molecule has 3 aliphatic rings. The van der Waals surface area contributed by atoms with Gasteiger partial charge in [0.25, 0.3) is 0 Å². The molecule has 1 saturated carbocycles. The van der Waals surface area contributed by atoms with Crippen molar-refractivity contribution in [1.82, 2.24) is 9.29 Å². The van der Waals surface area contributed by atoms with E-state index in [0.29, 0.717) is 26.3 Å². The molecule has 1 aliphatic carbocycles. The van der Waals surface area contributed by atoms with E-state index in [1.54, 1.807) is 16.7 Å². The van der Waals surface area contributed by atoms with Crippen LogP contribution >= 0.6 is 0 Å². The van der Waals surface area contributed by atoms with Crippen LogP contribution in [0.15, 0.2) is 24.5 Å². The zero-order chi connectivity index (χ0) is 16.6. The van der Waals surface area contributed by atoms with Gasteiger partial charge in [0.15, 0.2) is 0 Å². The van der Waals surface area contributed by atoms with Gasteiger partial charge in [0.05, 0.1) is 24.2 Å². The van der Waals surface area contributed by atoms with Gasteiger partial charge in [-0.05, 0) is 49.7 Å². The first kappa shape index (κ1) is 16.3. The highest BCUT2D eigenvalue weighted by Gasteiger charge is 2.47. The fraction of sp³-hybridized carbons (Fsp3) is 0.706. The van der Waals surface area contributed by atoms with Gasteiger partial charge >= 0.3 is 0 Å². The molecular weight excluding hydrogens is 328 g/mol. The molecule has 0 aromatic carbocycles. The maximum Gasteiger partial charge on any atom is 0.216 e. The van der Waals surface area contributed by atoms with Gasteiger partial charge in [0.1, 0.15) is 12.4 Å². The maximum atomic E-state index is 12.3. The molecule has 6 nitrogen and oxygen atoms in total. The van der Waals surface area contributed by atoms with Crippen LogP contribution in [0, 0.1) is 5.41 Å².